The molecule has 96 valence electrons. The highest BCUT2D eigenvalue weighted by atomic mass is 32.1. The van der Waals surface area contributed by atoms with Crippen LogP contribution in [-0.4, -0.2) is 35.6 Å². The predicted octanol–water partition coefficient (Wildman–Crippen LogP) is 1.91. The quantitative estimate of drug-likeness (QED) is 0.845. The summed E-state index contributed by atoms with van der Waals surface area (Å²) in [4.78, 5) is 3.05. The molecule has 0 radical (unpaired) electrons. The van der Waals surface area contributed by atoms with Crippen molar-refractivity contribution < 1.29 is 4.74 Å². The maximum atomic E-state index is 5.82. The summed E-state index contributed by atoms with van der Waals surface area (Å²) in [6, 6.07) is 8.60. The van der Waals surface area contributed by atoms with Crippen LogP contribution < -0.4 is 10.5 Å². The maximum Gasteiger partial charge on any atom is 0.122 e. The topological polar surface area (TPSA) is 38.5 Å². The molecular formula is C14H18N2OS. The summed E-state index contributed by atoms with van der Waals surface area (Å²) < 4.78 is 5.73. The number of likely N-dealkylation sites (tertiary alicyclic amines) is 1. The van der Waals surface area contributed by atoms with Crippen molar-refractivity contribution in [1.82, 2.24) is 4.90 Å². The molecule has 3 nitrogen and oxygen atoms in total. The second-order valence-electron chi connectivity index (χ2n) is 5.10. The highest BCUT2D eigenvalue weighted by molar-refractivity contribution is 7.80. The summed E-state index contributed by atoms with van der Waals surface area (Å²) >= 11 is 5.16. The van der Waals surface area contributed by atoms with Crippen molar-refractivity contribution in [2.75, 3.05) is 19.7 Å². The van der Waals surface area contributed by atoms with Gasteiger partial charge < -0.3 is 10.5 Å². The summed E-state index contributed by atoms with van der Waals surface area (Å²) in [5.41, 5.74) is 7.14. The highest BCUT2D eigenvalue weighted by Crippen LogP contribution is 2.35. The zero-order valence-corrected chi connectivity index (χ0v) is 11.2. The Labute approximate surface area is 113 Å². The zero-order chi connectivity index (χ0) is 12.5. The third-order valence-corrected chi connectivity index (χ3v) is 4.22. The summed E-state index contributed by atoms with van der Waals surface area (Å²) in [5.74, 6) is 1.49. The zero-order valence-electron chi connectivity index (χ0n) is 10.3. The minimum Gasteiger partial charge on any atom is -0.493 e. The van der Waals surface area contributed by atoms with Crippen LogP contribution in [0.5, 0.6) is 5.75 Å². The Morgan fingerprint density at radius 3 is 3.11 bits per heavy atom. The lowest BCUT2D eigenvalue weighted by atomic mass is 10.0. The molecule has 1 fully saturated rings. The van der Waals surface area contributed by atoms with E-state index >= 15 is 0 Å². The lowest BCUT2D eigenvalue weighted by Crippen LogP contribution is -2.41. The van der Waals surface area contributed by atoms with Crippen LogP contribution in [0.2, 0.25) is 0 Å². The lowest BCUT2D eigenvalue weighted by Gasteiger charge is -2.25. The van der Waals surface area contributed by atoms with Crippen LogP contribution in [0, 0.1) is 0 Å². The lowest BCUT2D eigenvalue weighted by molar-refractivity contribution is 0.249. The summed E-state index contributed by atoms with van der Waals surface area (Å²) in [5, 5.41) is 0. The van der Waals surface area contributed by atoms with Gasteiger partial charge in [-0.1, -0.05) is 30.4 Å². The van der Waals surface area contributed by atoms with Crippen LogP contribution in [0.1, 0.15) is 24.3 Å². The van der Waals surface area contributed by atoms with Gasteiger partial charge in [0, 0.05) is 18.0 Å². The molecule has 0 amide bonds. The standard InChI is InChI=1S/C14H18N2OS/c15-14(18)12-5-3-7-16(12)8-10-9-17-13-6-2-1-4-11(10)13/h1-2,4,6,10,12H,3,5,7-9H2,(H2,15,18). The number of nitrogens with zero attached hydrogens (tertiary/aromatic N) is 1. The fourth-order valence-electron chi connectivity index (χ4n) is 3.03. The highest BCUT2D eigenvalue weighted by Gasteiger charge is 2.32. The number of ether oxygens (including phenoxy) is 1. The molecule has 0 bridgehead atoms. The summed E-state index contributed by atoms with van der Waals surface area (Å²) in [6.07, 6.45) is 2.29. The molecule has 2 aliphatic rings. The summed E-state index contributed by atoms with van der Waals surface area (Å²) in [6.45, 7) is 2.87. The van der Waals surface area contributed by atoms with E-state index in [9.17, 15) is 0 Å². The molecular weight excluding hydrogens is 244 g/mol. The smallest absolute Gasteiger partial charge is 0.122 e. The average Bonchev–Trinajstić information content (AvgIpc) is 2.97. The van der Waals surface area contributed by atoms with E-state index in [1.807, 2.05) is 12.1 Å². The van der Waals surface area contributed by atoms with Gasteiger partial charge in [-0.25, -0.2) is 0 Å². The van der Waals surface area contributed by atoms with E-state index in [1.54, 1.807) is 0 Å². The third-order valence-electron chi connectivity index (χ3n) is 3.95. The molecule has 4 heteroatoms. The second kappa shape index (κ2) is 4.86. The summed E-state index contributed by atoms with van der Waals surface area (Å²) in [7, 11) is 0. The molecule has 2 heterocycles. The second-order valence-corrected chi connectivity index (χ2v) is 5.57. The van der Waals surface area contributed by atoms with E-state index in [2.05, 4.69) is 17.0 Å². The number of para-hydroxylation sites is 1. The van der Waals surface area contributed by atoms with E-state index in [1.165, 1.54) is 12.0 Å². The first-order valence-electron chi connectivity index (χ1n) is 6.51. The van der Waals surface area contributed by atoms with Gasteiger partial charge in [0.1, 0.15) is 5.75 Å². The van der Waals surface area contributed by atoms with Crippen LogP contribution in [0.4, 0.5) is 0 Å². The molecule has 2 unspecified atom stereocenters. The molecule has 2 atom stereocenters. The molecule has 1 aromatic rings. The Hall–Kier alpha value is -1.13. The van der Waals surface area contributed by atoms with E-state index in [0.29, 0.717) is 10.9 Å². The van der Waals surface area contributed by atoms with E-state index in [4.69, 9.17) is 22.7 Å². The molecule has 0 aliphatic carbocycles. The molecule has 0 saturated carbocycles. The average molecular weight is 262 g/mol. The number of fused-ring (bicyclic) bond motifs is 1. The van der Waals surface area contributed by atoms with Crippen molar-refractivity contribution in [3.63, 3.8) is 0 Å². The van der Waals surface area contributed by atoms with Crippen molar-refractivity contribution in [2.24, 2.45) is 5.73 Å². The molecule has 0 aromatic heterocycles. The Kier molecular flexibility index (Phi) is 3.22. The Balaban J connectivity index is 1.73. The molecule has 1 saturated heterocycles. The molecule has 2 N–H and O–H groups in total. The van der Waals surface area contributed by atoms with Crippen LogP contribution in [0.3, 0.4) is 0 Å². The number of benzene rings is 1. The van der Waals surface area contributed by atoms with Gasteiger partial charge in [0.15, 0.2) is 0 Å². The maximum absolute atomic E-state index is 5.82. The predicted molar refractivity (Wildman–Crippen MR) is 76.1 cm³/mol. The normalized spacial score (nSPS) is 26.9. The monoisotopic (exact) mass is 262 g/mol. The van der Waals surface area contributed by atoms with Crippen molar-refractivity contribution in [3.05, 3.63) is 29.8 Å². The SMILES string of the molecule is NC(=S)C1CCCN1CC1COc2ccccc21. The van der Waals surface area contributed by atoms with Crippen LogP contribution in [-0.2, 0) is 0 Å². The van der Waals surface area contributed by atoms with Gasteiger partial charge in [-0.15, -0.1) is 0 Å². The van der Waals surface area contributed by atoms with Crippen LogP contribution in [0.25, 0.3) is 0 Å². The largest absolute Gasteiger partial charge is 0.493 e. The molecule has 18 heavy (non-hydrogen) atoms. The van der Waals surface area contributed by atoms with Gasteiger partial charge in [-0.05, 0) is 25.5 Å². The van der Waals surface area contributed by atoms with Gasteiger partial charge in [-0.3, -0.25) is 4.90 Å². The van der Waals surface area contributed by atoms with Crippen molar-refractivity contribution in [2.45, 2.75) is 24.8 Å². The number of hydrogen-bond donors (Lipinski definition) is 1. The number of thiocarbonyl (C=S) groups is 1. The molecule has 0 spiro atoms. The minimum atomic E-state index is 0.285. The van der Waals surface area contributed by atoms with Gasteiger partial charge >= 0.3 is 0 Å². The van der Waals surface area contributed by atoms with Gasteiger partial charge in [0.25, 0.3) is 0 Å². The fraction of sp³-hybridized carbons (Fsp3) is 0.500. The number of nitrogens with two attached hydrogens (primary N) is 1. The minimum absolute atomic E-state index is 0.285. The van der Waals surface area contributed by atoms with E-state index in [0.717, 1.165) is 31.9 Å². The Morgan fingerprint density at radius 1 is 1.44 bits per heavy atom. The first-order valence-corrected chi connectivity index (χ1v) is 6.91. The fourth-order valence-corrected chi connectivity index (χ4v) is 3.30. The van der Waals surface area contributed by atoms with Crippen LogP contribution in [0.15, 0.2) is 24.3 Å². The first kappa shape index (κ1) is 11.9. The molecule has 1 aromatic carbocycles. The van der Waals surface area contributed by atoms with Crippen molar-refractivity contribution in [3.8, 4) is 5.75 Å². The third kappa shape index (κ3) is 2.10. The Bertz CT molecular complexity index is 463. The van der Waals surface area contributed by atoms with E-state index in [-0.39, 0.29) is 6.04 Å². The van der Waals surface area contributed by atoms with Gasteiger partial charge in [0.2, 0.25) is 0 Å². The van der Waals surface area contributed by atoms with Gasteiger partial charge in [0.05, 0.1) is 17.6 Å². The van der Waals surface area contributed by atoms with Gasteiger partial charge in [-0.2, -0.15) is 0 Å². The number of rotatable bonds is 3. The first-order chi connectivity index (χ1) is 8.75. The number of hydrogen-bond acceptors (Lipinski definition) is 3. The van der Waals surface area contributed by atoms with Crippen molar-refractivity contribution in [1.29, 1.82) is 0 Å². The molecule has 2 aliphatic heterocycles. The van der Waals surface area contributed by atoms with Crippen molar-refractivity contribution >= 4 is 17.2 Å². The molecule has 3 rings (SSSR count). The van der Waals surface area contributed by atoms with Crippen LogP contribution >= 0.6 is 12.2 Å². The van der Waals surface area contributed by atoms with E-state index < -0.39 is 0 Å². The Morgan fingerprint density at radius 2 is 2.28 bits per heavy atom.